The van der Waals surface area contributed by atoms with Gasteiger partial charge in [-0.1, -0.05) is 61.2 Å². The van der Waals surface area contributed by atoms with Crippen LogP contribution in [-0.2, 0) is 10.5 Å². The summed E-state index contributed by atoms with van der Waals surface area (Å²) >= 11 is 5.09. The fraction of sp³-hybridized carbons (Fsp3) is 0.588. The lowest BCUT2D eigenvalue weighted by Gasteiger charge is -2.15. The third-order valence-corrected chi connectivity index (χ3v) is 5.08. The van der Waals surface area contributed by atoms with Crippen molar-refractivity contribution >= 4 is 33.6 Å². The molecule has 1 aromatic carbocycles. The quantitative estimate of drug-likeness (QED) is 0.625. The van der Waals surface area contributed by atoms with E-state index in [0.717, 1.165) is 23.2 Å². The van der Waals surface area contributed by atoms with Gasteiger partial charge in [-0.2, -0.15) is 0 Å². The molecule has 0 saturated heterocycles. The fourth-order valence-electron chi connectivity index (χ4n) is 2.09. The van der Waals surface area contributed by atoms with E-state index in [1.165, 1.54) is 24.8 Å². The van der Waals surface area contributed by atoms with Gasteiger partial charge in [-0.25, -0.2) is 0 Å². The molecule has 0 heterocycles. The van der Waals surface area contributed by atoms with Crippen LogP contribution >= 0.6 is 27.7 Å². The molecule has 1 rings (SSSR count). The molecule has 0 radical (unpaired) electrons. The summed E-state index contributed by atoms with van der Waals surface area (Å²) in [6.45, 7) is 5.24. The Balaban J connectivity index is 2.17. The van der Waals surface area contributed by atoms with Crippen molar-refractivity contribution in [3.63, 3.8) is 0 Å². The summed E-state index contributed by atoms with van der Waals surface area (Å²) in [7, 11) is 0. The third-order valence-electron chi connectivity index (χ3n) is 3.55. The summed E-state index contributed by atoms with van der Waals surface area (Å²) in [5.41, 5.74) is 1.25. The van der Waals surface area contributed by atoms with Crippen molar-refractivity contribution in [3.05, 3.63) is 34.3 Å². The Kier molecular flexibility index (Phi) is 9.85. The predicted octanol–water partition coefficient (Wildman–Crippen LogP) is 5.01. The summed E-state index contributed by atoms with van der Waals surface area (Å²) in [6, 6.07) is 8.25. The second kappa shape index (κ2) is 11.1. The lowest BCUT2D eigenvalue weighted by Crippen LogP contribution is -2.30. The Morgan fingerprint density at radius 2 is 2.00 bits per heavy atom. The monoisotopic (exact) mass is 371 g/mol. The Hall–Kier alpha value is -0.480. The highest BCUT2D eigenvalue weighted by Gasteiger charge is 2.08. The van der Waals surface area contributed by atoms with E-state index in [1.54, 1.807) is 11.8 Å². The summed E-state index contributed by atoms with van der Waals surface area (Å²) in [6.07, 6.45) is 4.85. The molecule has 0 aliphatic heterocycles. The number of rotatable bonds is 10. The third kappa shape index (κ3) is 8.52. The number of carbonyl (C=O) groups excluding carboxylic acids is 1. The molecule has 0 saturated carbocycles. The molecule has 0 aliphatic rings. The Bertz CT molecular complexity index is 408. The smallest absolute Gasteiger partial charge is 0.230 e. The van der Waals surface area contributed by atoms with Crippen molar-refractivity contribution in [2.75, 3.05) is 12.3 Å². The van der Waals surface area contributed by atoms with E-state index in [4.69, 9.17) is 0 Å². The zero-order valence-corrected chi connectivity index (χ0v) is 15.4. The maximum atomic E-state index is 11.8. The van der Waals surface area contributed by atoms with Gasteiger partial charge in [0.2, 0.25) is 5.91 Å². The largest absolute Gasteiger partial charge is 0.355 e. The summed E-state index contributed by atoms with van der Waals surface area (Å²) in [5.74, 6) is 2.21. The molecular weight excluding hydrogens is 346 g/mol. The summed E-state index contributed by atoms with van der Waals surface area (Å²) in [5, 5.41) is 3.07. The van der Waals surface area contributed by atoms with Gasteiger partial charge in [0.05, 0.1) is 5.75 Å². The number of nitrogens with one attached hydrogen (secondary N) is 1. The number of hydrogen-bond acceptors (Lipinski definition) is 2. The van der Waals surface area contributed by atoms with E-state index in [2.05, 4.69) is 47.2 Å². The minimum Gasteiger partial charge on any atom is -0.355 e. The number of unbranched alkanes of at least 4 members (excludes halogenated alkanes) is 1. The highest BCUT2D eigenvalue weighted by Crippen LogP contribution is 2.16. The first-order chi connectivity index (χ1) is 10.2. The Morgan fingerprint density at radius 1 is 1.29 bits per heavy atom. The molecule has 1 aromatic rings. The minimum atomic E-state index is 0.159. The normalized spacial score (nSPS) is 12.1. The first-order valence-corrected chi connectivity index (χ1v) is 9.69. The van der Waals surface area contributed by atoms with Gasteiger partial charge in [0.25, 0.3) is 0 Å². The van der Waals surface area contributed by atoms with Crippen molar-refractivity contribution < 1.29 is 4.79 Å². The molecule has 0 unspecified atom stereocenters. The first-order valence-electron chi connectivity index (χ1n) is 7.74. The Labute approximate surface area is 141 Å². The van der Waals surface area contributed by atoms with Gasteiger partial charge in [-0.15, -0.1) is 11.8 Å². The SMILES string of the molecule is CCCC[C@@H](CC)CNC(=O)CSCc1ccc(Br)cc1. The van der Waals surface area contributed by atoms with Gasteiger partial charge in [-0.3, -0.25) is 4.79 Å². The highest BCUT2D eigenvalue weighted by atomic mass is 79.9. The number of thioether (sulfide) groups is 1. The molecule has 4 heteroatoms. The van der Waals surface area contributed by atoms with Crippen LogP contribution in [0.2, 0.25) is 0 Å². The maximum absolute atomic E-state index is 11.8. The van der Waals surface area contributed by atoms with Crippen LogP contribution in [0.25, 0.3) is 0 Å². The lowest BCUT2D eigenvalue weighted by atomic mass is 9.99. The molecule has 21 heavy (non-hydrogen) atoms. The number of hydrogen-bond donors (Lipinski definition) is 1. The van der Waals surface area contributed by atoms with E-state index in [-0.39, 0.29) is 5.91 Å². The molecule has 118 valence electrons. The van der Waals surface area contributed by atoms with Crippen molar-refractivity contribution in [2.24, 2.45) is 5.92 Å². The van der Waals surface area contributed by atoms with Crippen molar-refractivity contribution in [1.82, 2.24) is 5.32 Å². The van der Waals surface area contributed by atoms with E-state index < -0.39 is 0 Å². The predicted molar refractivity (Wildman–Crippen MR) is 96.6 cm³/mol. The van der Waals surface area contributed by atoms with Gasteiger partial charge in [0.15, 0.2) is 0 Å². The van der Waals surface area contributed by atoms with Gasteiger partial charge >= 0.3 is 0 Å². The molecule has 1 N–H and O–H groups in total. The van der Waals surface area contributed by atoms with Crippen molar-refractivity contribution in [1.29, 1.82) is 0 Å². The second-order valence-corrected chi connectivity index (χ2v) is 7.24. The number of amides is 1. The van der Waals surface area contributed by atoms with Crippen LogP contribution in [0.15, 0.2) is 28.7 Å². The van der Waals surface area contributed by atoms with Gasteiger partial charge < -0.3 is 5.32 Å². The van der Waals surface area contributed by atoms with E-state index in [9.17, 15) is 4.79 Å². The second-order valence-electron chi connectivity index (χ2n) is 5.34. The van der Waals surface area contributed by atoms with Crippen LogP contribution in [0.5, 0.6) is 0 Å². The molecule has 1 amide bonds. The molecule has 1 atom stereocenters. The van der Waals surface area contributed by atoms with Crippen LogP contribution in [0.1, 0.15) is 45.1 Å². The number of halogens is 1. The zero-order chi connectivity index (χ0) is 15.5. The van der Waals surface area contributed by atoms with E-state index in [0.29, 0.717) is 11.7 Å². The average molecular weight is 372 g/mol. The fourth-order valence-corrected chi connectivity index (χ4v) is 3.18. The summed E-state index contributed by atoms with van der Waals surface area (Å²) in [4.78, 5) is 11.8. The topological polar surface area (TPSA) is 29.1 Å². The first kappa shape index (κ1) is 18.6. The van der Waals surface area contributed by atoms with Crippen LogP contribution in [0.3, 0.4) is 0 Å². The lowest BCUT2D eigenvalue weighted by molar-refractivity contribution is -0.118. The maximum Gasteiger partial charge on any atom is 0.230 e. The molecule has 2 nitrogen and oxygen atoms in total. The zero-order valence-electron chi connectivity index (χ0n) is 13.0. The van der Waals surface area contributed by atoms with Crippen LogP contribution in [0.4, 0.5) is 0 Å². The highest BCUT2D eigenvalue weighted by molar-refractivity contribution is 9.10. The molecule has 0 aliphatic carbocycles. The Morgan fingerprint density at radius 3 is 2.62 bits per heavy atom. The van der Waals surface area contributed by atoms with Crippen molar-refractivity contribution in [3.8, 4) is 0 Å². The minimum absolute atomic E-state index is 0.159. The van der Waals surface area contributed by atoms with Crippen molar-refractivity contribution in [2.45, 2.75) is 45.3 Å². The van der Waals surface area contributed by atoms with E-state index in [1.807, 2.05) is 12.1 Å². The standard InChI is InChI=1S/C17H26BrNOS/c1-3-5-6-14(4-2)11-19-17(20)13-21-12-15-7-9-16(18)10-8-15/h7-10,14H,3-6,11-13H2,1-2H3,(H,19,20)/t14-/m1/s1. The van der Waals surface area contributed by atoms with Crippen LogP contribution in [0, 0.1) is 5.92 Å². The van der Waals surface area contributed by atoms with Gasteiger partial charge in [0, 0.05) is 16.8 Å². The molecule has 0 fully saturated rings. The van der Waals surface area contributed by atoms with Gasteiger partial charge in [-0.05, 0) is 30.0 Å². The van der Waals surface area contributed by atoms with Gasteiger partial charge in [0.1, 0.15) is 0 Å². The molecule has 0 spiro atoms. The number of carbonyl (C=O) groups is 1. The average Bonchev–Trinajstić information content (AvgIpc) is 2.49. The van der Waals surface area contributed by atoms with Crippen LogP contribution < -0.4 is 5.32 Å². The summed E-state index contributed by atoms with van der Waals surface area (Å²) < 4.78 is 1.09. The molecule has 0 aromatic heterocycles. The molecular formula is C17H26BrNOS. The van der Waals surface area contributed by atoms with E-state index >= 15 is 0 Å². The molecule has 0 bridgehead atoms. The number of benzene rings is 1. The van der Waals surface area contributed by atoms with Crippen LogP contribution in [-0.4, -0.2) is 18.2 Å².